The Balaban J connectivity index is 2.16. The van der Waals surface area contributed by atoms with Crippen LogP contribution < -0.4 is 5.73 Å². The van der Waals surface area contributed by atoms with Gasteiger partial charge in [0.1, 0.15) is 4.99 Å². The predicted octanol–water partition coefficient (Wildman–Crippen LogP) is 1.57. The number of carbonyl (C=O) groups excluding carboxylic acids is 1. The molecular formula is C14H18N2O2S. The van der Waals surface area contributed by atoms with Crippen LogP contribution in [0.3, 0.4) is 0 Å². The number of thiocarbonyl (C=S) groups is 1. The van der Waals surface area contributed by atoms with Gasteiger partial charge >= 0.3 is 0 Å². The molecular weight excluding hydrogens is 260 g/mol. The van der Waals surface area contributed by atoms with Crippen LogP contribution >= 0.6 is 12.2 Å². The third kappa shape index (κ3) is 3.11. The van der Waals surface area contributed by atoms with E-state index in [2.05, 4.69) is 0 Å². The summed E-state index contributed by atoms with van der Waals surface area (Å²) in [5.74, 6) is 0.0251. The molecule has 1 aliphatic heterocycles. The minimum atomic E-state index is 0.0251. The van der Waals surface area contributed by atoms with Crippen molar-refractivity contribution >= 4 is 23.1 Å². The van der Waals surface area contributed by atoms with Crippen LogP contribution in [-0.4, -0.2) is 41.1 Å². The number of ether oxygens (including phenoxy) is 1. The molecule has 5 heteroatoms. The molecule has 1 aliphatic rings. The number of hydrogen-bond acceptors (Lipinski definition) is 3. The number of nitrogens with zero attached hydrogens (tertiary/aromatic N) is 1. The molecule has 1 heterocycles. The lowest BCUT2D eigenvalue weighted by Gasteiger charge is -2.36. The first kappa shape index (κ1) is 14.0. The Hall–Kier alpha value is -1.46. The van der Waals surface area contributed by atoms with Gasteiger partial charge in [-0.3, -0.25) is 4.79 Å². The highest BCUT2D eigenvalue weighted by Crippen LogP contribution is 2.16. The minimum Gasteiger partial charge on any atom is -0.389 e. The quantitative estimate of drug-likeness (QED) is 0.834. The highest BCUT2D eigenvalue weighted by molar-refractivity contribution is 7.80. The SMILES string of the molecule is CC1CN(C(=O)c2ccc(C(N)=S)cc2)C(C)CO1. The summed E-state index contributed by atoms with van der Waals surface area (Å²) in [5.41, 5.74) is 6.97. The molecule has 1 aromatic carbocycles. The molecule has 1 fully saturated rings. The van der Waals surface area contributed by atoms with E-state index in [1.165, 1.54) is 0 Å². The van der Waals surface area contributed by atoms with Crippen molar-refractivity contribution in [3.8, 4) is 0 Å². The summed E-state index contributed by atoms with van der Waals surface area (Å²) in [6.45, 7) is 5.17. The fourth-order valence-corrected chi connectivity index (χ4v) is 2.27. The van der Waals surface area contributed by atoms with Crippen LogP contribution in [0.1, 0.15) is 29.8 Å². The summed E-state index contributed by atoms with van der Waals surface area (Å²) in [5, 5.41) is 0. The van der Waals surface area contributed by atoms with Crippen molar-refractivity contribution in [3.05, 3.63) is 35.4 Å². The average Bonchev–Trinajstić information content (AvgIpc) is 2.41. The first-order valence-electron chi connectivity index (χ1n) is 6.31. The van der Waals surface area contributed by atoms with Gasteiger partial charge in [-0.15, -0.1) is 0 Å². The second kappa shape index (κ2) is 5.67. The van der Waals surface area contributed by atoms with Gasteiger partial charge in [0.05, 0.1) is 18.8 Å². The van der Waals surface area contributed by atoms with Gasteiger partial charge in [0.15, 0.2) is 0 Å². The summed E-state index contributed by atoms with van der Waals surface area (Å²) in [6, 6.07) is 7.20. The molecule has 1 amide bonds. The lowest BCUT2D eigenvalue weighted by atomic mass is 10.1. The summed E-state index contributed by atoms with van der Waals surface area (Å²) in [7, 11) is 0. The van der Waals surface area contributed by atoms with Crippen molar-refractivity contribution in [2.45, 2.75) is 26.0 Å². The van der Waals surface area contributed by atoms with Crippen molar-refractivity contribution < 1.29 is 9.53 Å². The predicted molar refractivity (Wildman–Crippen MR) is 78.2 cm³/mol. The zero-order chi connectivity index (χ0) is 14.0. The maximum atomic E-state index is 12.4. The van der Waals surface area contributed by atoms with Gasteiger partial charge < -0.3 is 15.4 Å². The van der Waals surface area contributed by atoms with E-state index in [0.717, 1.165) is 5.56 Å². The fraction of sp³-hybridized carbons (Fsp3) is 0.429. The molecule has 0 radical (unpaired) electrons. The number of carbonyl (C=O) groups is 1. The Morgan fingerprint density at radius 2 is 1.89 bits per heavy atom. The van der Waals surface area contributed by atoms with Gasteiger partial charge in [0.25, 0.3) is 5.91 Å². The van der Waals surface area contributed by atoms with E-state index in [9.17, 15) is 4.79 Å². The Kier molecular flexibility index (Phi) is 4.17. The monoisotopic (exact) mass is 278 g/mol. The third-order valence-corrected chi connectivity index (χ3v) is 3.52. The summed E-state index contributed by atoms with van der Waals surface area (Å²) in [6.07, 6.45) is 0.0797. The van der Waals surface area contributed by atoms with E-state index in [1.807, 2.05) is 18.7 Å². The Bertz CT molecular complexity index is 487. The minimum absolute atomic E-state index is 0.0251. The Morgan fingerprint density at radius 3 is 2.47 bits per heavy atom. The topological polar surface area (TPSA) is 55.6 Å². The molecule has 1 aromatic rings. The van der Waals surface area contributed by atoms with Gasteiger partial charge in [-0.25, -0.2) is 0 Å². The van der Waals surface area contributed by atoms with E-state index in [-0.39, 0.29) is 18.1 Å². The number of benzene rings is 1. The fourth-order valence-electron chi connectivity index (χ4n) is 2.13. The van der Waals surface area contributed by atoms with Gasteiger partial charge in [-0.2, -0.15) is 0 Å². The van der Waals surface area contributed by atoms with Gasteiger partial charge in [0.2, 0.25) is 0 Å². The van der Waals surface area contributed by atoms with Crippen LogP contribution in [-0.2, 0) is 4.74 Å². The lowest BCUT2D eigenvalue weighted by Crippen LogP contribution is -2.50. The highest BCUT2D eigenvalue weighted by atomic mass is 32.1. The molecule has 2 N–H and O–H groups in total. The van der Waals surface area contributed by atoms with Crippen molar-refractivity contribution in [2.24, 2.45) is 5.73 Å². The van der Waals surface area contributed by atoms with Gasteiger partial charge in [0, 0.05) is 17.7 Å². The third-order valence-electron chi connectivity index (χ3n) is 3.29. The molecule has 1 saturated heterocycles. The van der Waals surface area contributed by atoms with Crippen molar-refractivity contribution in [1.82, 2.24) is 4.90 Å². The van der Waals surface area contributed by atoms with Crippen molar-refractivity contribution in [3.63, 3.8) is 0 Å². The first-order chi connectivity index (χ1) is 8.99. The Labute approximate surface area is 118 Å². The van der Waals surface area contributed by atoms with E-state index >= 15 is 0 Å². The second-order valence-electron chi connectivity index (χ2n) is 4.89. The van der Waals surface area contributed by atoms with Crippen LogP contribution in [0, 0.1) is 0 Å². The molecule has 2 atom stereocenters. The van der Waals surface area contributed by atoms with Crippen LogP contribution in [0.15, 0.2) is 24.3 Å². The molecule has 0 bridgehead atoms. The normalized spacial score (nSPS) is 23.2. The Morgan fingerprint density at radius 1 is 1.32 bits per heavy atom. The molecule has 0 spiro atoms. The zero-order valence-electron chi connectivity index (χ0n) is 11.1. The largest absolute Gasteiger partial charge is 0.389 e. The van der Waals surface area contributed by atoms with E-state index in [4.69, 9.17) is 22.7 Å². The molecule has 2 unspecified atom stereocenters. The number of morpholine rings is 1. The van der Waals surface area contributed by atoms with E-state index in [0.29, 0.717) is 23.7 Å². The molecule has 102 valence electrons. The van der Waals surface area contributed by atoms with Crippen LogP contribution in [0.5, 0.6) is 0 Å². The number of amides is 1. The average molecular weight is 278 g/mol. The molecule has 4 nitrogen and oxygen atoms in total. The zero-order valence-corrected chi connectivity index (χ0v) is 11.9. The smallest absolute Gasteiger partial charge is 0.254 e. The summed E-state index contributed by atoms with van der Waals surface area (Å²) >= 11 is 4.90. The van der Waals surface area contributed by atoms with E-state index in [1.54, 1.807) is 24.3 Å². The molecule has 19 heavy (non-hydrogen) atoms. The van der Waals surface area contributed by atoms with Gasteiger partial charge in [-0.05, 0) is 26.0 Å². The molecule has 0 aromatic heterocycles. The molecule has 0 saturated carbocycles. The molecule has 2 rings (SSSR count). The van der Waals surface area contributed by atoms with E-state index < -0.39 is 0 Å². The lowest BCUT2D eigenvalue weighted by molar-refractivity contribution is -0.0387. The van der Waals surface area contributed by atoms with Crippen molar-refractivity contribution in [1.29, 1.82) is 0 Å². The number of nitrogens with two attached hydrogens (primary N) is 1. The van der Waals surface area contributed by atoms with Crippen LogP contribution in [0.25, 0.3) is 0 Å². The van der Waals surface area contributed by atoms with Crippen LogP contribution in [0.2, 0.25) is 0 Å². The maximum Gasteiger partial charge on any atom is 0.254 e. The maximum absolute atomic E-state index is 12.4. The number of rotatable bonds is 2. The van der Waals surface area contributed by atoms with Crippen LogP contribution in [0.4, 0.5) is 0 Å². The second-order valence-corrected chi connectivity index (χ2v) is 5.33. The standard InChI is InChI=1S/C14H18N2O2S/c1-9-8-18-10(2)7-16(9)14(17)12-5-3-11(4-6-12)13(15)19/h3-6,9-10H,7-8H2,1-2H3,(H2,15,19). The summed E-state index contributed by atoms with van der Waals surface area (Å²) < 4.78 is 5.53. The van der Waals surface area contributed by atoms with Crippen molar-refractivity contribution in [2.75, 3.05) is 13.2 Å². The summed E-state index contributed by atoms with van der Waals surface area (Å²) in [4.78, 5) is 14.6. The molecule has 0 aliphatic carbocycles. The first-order valence-corrected chi connectivity index (χ1v) is 6.72. The number of hydrogen-bond donors (Lipinski definition) is 1. The van der Waals surface area contributed by atoms with Gasteiger partial charge in [-0.1, -0.05) is 24.4 Å². The highest BCUT2D eigenvalue weighted by Gasteiger charge is 2.28.